The van der Waals surface area contributed by atoms with Gasteiger partial charge in [-0.15, -0.1) is 0 Å². The summed E-state index contributed by atoms with van der Waals surface area (Å²) in [6.07, 6.45) is 0. The van der Waals surface area contributed by atoms with Gasteiger partial charge >= 0.3 is 0 Å². The molecule has 1 amide bonds. The zero-order valence-electron chi connectivity index (χ0n) is 15.1. The van der Waals surface area contributed by atoms with E-state index in [-0.39, 0.29) is 18.0 Å². The Hall–Kier alpha value is -1.80. The highest BCUT2D eigenvalue weighted by Crippen LogP contribution is 2.26. The number of methoxy groups -OCH3 is 1. The molecule has 0 fully saturated rings. The minimum Gasteiger partial charge on any atom is -0.496 e. The maximum atomic E-state index is 12.9. The van der Waals surface area contributed by atoms with Gasteiger partial charge in [0.05, 0.1) is 28.6 Å². The molecule has 0 aliphatic carbocycles. The second-order valence-electron chi connectivity index (χ2n) is 5.74. The predicted octanol–water partition coefficient (Wildman–Crippen LogP) is 3.96. The Labute approximate surface area is 169 Å². The number of nitrogens with one attached hydrogen (secondary N) is 1. The smallest absolute Gasteiger partial charge is 0.243 e. The number of halogens is 2. The van der Waals surface area contributed by atoms with Crippen LogP contribution in [0.3, 0.4) is 0 Å². The average molecular weight is 431 g/mol. The lowest BCUT2D eigenvalue weighted by Crippen LogP contribution is -2.37. The first kappa shape index (κ1) is 21.5. The fraction of sp³-hybridized carbons (Fsp3) is 0.278. The number of sulfonamides is 1. The number of hydrogen-bond acceptors (Lipinski definition) is 4. The van der Waals surface area contributed by atoms with Crippen molar-refractivity contribution in [1.82, 2.24) is 4.31 Å². The Bertz CT molecular complexity index is 948. The van der Waals surface area contributed by atoms with Crippen LogP contribution in [0.5, 0.6) is 5.75 Å². The largest absolute Gasteiger partial charge is 0.496 e. The standard InChI is InChI=1S/C18H20Cl2N2O4S/c1-4-22(11-18(23)21-13-5-7-15(19)16(20)10-13)27(24,25)14-6-8-17(26-3)12(2)9-14/h5-10H,4,11H2,1-3H3,(H,21,23). The molecule has 9 heteroatoms. The quantitative estimate of drug-likeness (QED) is 0.720. The summed E-state index contributed by atoms with van der Waals surface area (Å²) in [6, 6.07) is 9.21. The van der Waals surface area contributed by atoms with Crippen molar-refractivity contribution >= 4 is 44.8 Å². The van der Waals surface area contributed by atoms with Crippen molar-refractivity contribution in [2.45, 2.75) is 18.7 Å². The lowest BCUT2D eigenvalue weighted by molar-refractivity contribution is -0.116. The highest BCUT2D eigenvalue weighted by atomic mass is 35.5. The Balaban J connectivity index is 2.18. The lowest BCUT2D eigenvalue weighted by Gasteiger charge is -2.20. The van der Waals surface area contributed by atoms with Crippen LogP contribution >= 0.6 is 23.2 Å². The molecule has 0 aliphatic heterocycles. The van der Waals surface area contributed by atoms with E-state index in [1.54, 1.807) is 32.0 Å². The summed E-state index contributed by atoms with van der Waals surface area (Å²) in [7, 11) is -2.31. The van der Waals surface area contributed by atoms with E-state index in [1.807, 2.05) is 0 Å². The third kappa shape index (κ3) is 5.13. The van der Waals surface area contributed by atoms with E-state index < -0.39 is 15.9 Å². The molecule has 0 aromatic heterocycles. The van der Waals surface area contributed by atoms with Crippen LogP contribution in [0.15, 0.2) is 41.3 Å². The summed E-state index contributed by atoms with van der Waals surface area (Å²) in [5, 5.41) is 3.28. The number of amides is 1. The molecule has 2 rings (SSSR count). The predicted molar refractivity (Wildman–Crippen MR) is 107 cm³/mol. The number of carbonyl (C=O) groups excluding carboxylic acids is 1. The normalized spacial score (nSPS) is 11.5. The molecule has 6 nitrogen and oxygen atoms in total. The minimum absolute atomic E-state index is 0.102. The number of hydrogen-bond donors (Lipinski definition) is 1. The maximum Gasteiger partial charge on any atom is 0.243 e. The van der Waals surface area contributed by atoms with E-state index in [0.29, 0.717) is 27.0 Å². The highest BCUT2D eigenvalue weighted by Gasteiger charge is 2.26. The van der Waals surface area contributed by atoms with Gasteiger partial charge in [0.15, 0.2) is 0 Å². The summed E-state index contributed by atoms with van der Waals surface area (Å²) in [6.45, 7) is 3.23. The SMILES string of the molecule is CCN(CC(=O)Nc1ccc(Cl)c(Cl)c1)S(=O)(=O)c1ccc(OC)c(C)c1. The molecule has 2 aromatic carbocycles. The molecule has 0 aliphatic rings. The van der Waals surface area contributed by atoms with Crippen molar-refractivity contribution in [3.05, 3.63) is 52.0 Å². The van der Waals surface area contributed by atoms with Gasteiger partial charge in [-0.3, -0.25) is 4.79 Å². The fourth-order valence-electron chi connectivity index (χ4n) is 2.46. The van der Waals surface area contributed by atoms with Crippen LogP contribution in [0.25, 0.3) is 0 Å². The van der Waals surface area contributed by atoms with Crippen molar-refractivity contribution in [2.75, 3.05) is 25.5 Å². The van der Waals surface area contributed by atoms with Crippen molar-refractivity contribution in [3.8, 4) is 5.75 Å². The van der Waals surface area contributed by atoms with Crippen LogP contribution in [0.1, 0.15) is 12.5 Å². The topological polar surface area (TPSA) is 75.7 Å². The molecule has 0 heterocycles. The van der Waals surface area contributed by atoms with E-state index >= 15 is 0 Å². The molecule has 0 atom stereocenters. The van der Waals surface area contributed by atoms with Crippen molar-refractivity contribution < 1.29 is 17.9 Å². The molecule has 1 N–H and O–H groups in total. The molecule has 0 radical (unpaired) electrons. The van der Waals surface area contributed by atoms with Gasteiger partial charge < -0.3 is 10.1 Å². The van der Waals surface area contributed by atoms with Crippen molar-refractivity contribution in [1.29, 1.82) is 0 Å². The van der Waals surface area contributed by atoms with Crippen molar-refractivity contribution in [2.24, 2.45) is 0 Å². The first-order chi connectivity index (χ1) is 12.7. The zero-order chi connectivity index (χ0) is 20.2. The molecular formula is C18H20Cl2N2O4S. The van der Waals surface area contributed by atoms with Crippen LogP contribution in [-0.2, 0) is 14.8 Å². The van der Waals surface area contributed by atoms with E-state index in [0.717, 1.165) is 4.31 Å². The number of aryl methyl sites for hydroxylation is 1. The van der Waals surface area contributed by atoms with Gasteiger partial charge in [-0.1, -0.05) is 30.1 Å². The molecule has 0 unspecified atom stereocenters. The summed E-state index contributed by atoms with van der Waals surface area (Å²) in [4.78, 5) is 12.4. The third-order valence-electron chi connectivity index (χ3n) is 3.88. The van der Waals surface area contributed by atoms with Gasteiger partial charge in [0, 0.05) is 12.2 Å². The molecule has 0 saturated heterocycles. The molecular weight excluding hydrogens is 411 g/mol. The van der Waals surface area contributed by atoms with E-state index in [1.165, 1.54) is 25.3 Å². The van der Waals surface area contributed by atoms with Gasteiger partial charge in [0.1, 0.15) is 5.75 Å². The number of carbonyl (C=O) groups is 1. The van der Waals surface area contributed by atoms with Crippen LogP contribution in [0, 0.1) is 6.92 Å². The monoisotopic (exact) mass is 430 g/mol. The van der Waals surface area contributed by atoms with E-state index in [9.17, 15) is 13.2 Å². The fourth-order valence-corrected chi connectivity index (χ4v) is 4.25. The summed E-state index contributed by atoms with van der Waals surface area (Å²) >= 11 is 11.8. The second kappa shape index (κ2) is 8.93. The number of benzene rings is 2. The van der Waals surface area contributed by atoms with Crippen LogP contribution < -0.4 is 10.1 Å². The van der Waals surface area contributed by atoms with E-state index in [4.69, 9.17) is 27.9 Å². The lowest BCUT2D eigenvalue weighted by atomic mass is 10.2. The molecule has 0 spiro atoms. The van der Waals surface area contributed by atoms with Gasteiger partial charge in [-0.25, -0.2) is 8.42 Å². The number of rotatable bonds is 7. The number of nitrogens with zero attached hydrogens (tertiary/aromatic N) is 1. The summed E-state index contributed by atoms with van der Waals surface area (Å²) in [5.74, 6) is 0.110. The van der Waals surface area contributed by atoms with Gasteiger partial charge in [0.2, 0.25) is 15.9 Å². The minimum atomic E-state index is -3.83. The second-order valence-corrected chi connectivity index (χ2v) is 8.49. The zero-order valence-corrected chi connectivity index (χ0v) is 17.5. The Morgan fingerprint density at radius 1 is 1.15 bits per heavy atom. The Kier molecular flexibility index (Phi) is 7.11. The number of likely N-dealkylation sites (N-methyl/N-ethyl adjacent to an activating group) is 1. The highest BCUT2D eigenvalue weighted by molar-refractivity contribution is 7.89. The first-order valence-corrected chi connectivity index (χ1v) is 10.3. The maximum absolute atomic E-state index is 12.9. The number of ether oxygens (including phenoxy) is 1. The average Bonchev–Trinajstić information content (AvgIpc) is 2.62. The summed E-state index contributed by atoms with van der Waals surface area (Å²) < 4.78 is 32.0. The molecule has 146 valence electrons. The van der Waals surface area contributed by atoms with Gasteiger partial charge in [-0.05, 0) is 48.9 Å². The first-order valence-electron chi connectivity index (χ1n) is 8.08. The van der Waals surface area contributed by atoms with Gasteiger partial charge in [-0.2, -0.15) is 4.31 Å². The Morgan fingerprint density at radius 3 is 2.41 bits per heavy atom. The van der Waals surface area contributed by atoms with Crippen LogP contribution in [0.2, 0.25) is 10.0 Å². The van der Waals surface area contributed by atoms with Crippen molar-refractivity contribution in [3.63, 3.8) is 0 Å². The molecule has 0 bridgehead atoms. The van der Waals surface area contributed by atoms with Crippen LogP contribution in [-0.4, -0.2) is 38.8 Å². The summed E-state index contributed by atoms with van der Waals surface area (Å²) in [5.41, 5.74) is 1.12. The molecule has 0 saturated carbocycles. The molecule has 2 aromatic rings. The molecule has 27 heavy (non-hydrogen) atoms. The number of anilines is 1. The van der Waals surface area contributed by atoms with Crippen LogP contribution in [0.4, 0.5) is 5.69 Å². The van der Waals surface area contributed by atoms with Gasteiger partial charge in [0.25, 0.3) is 0 Å². The Morgan fingerprint density at radius 2 is 1.85 bits per heavy atom. The third-order valence-corrected chi connectivity index (χ3v) is 6.54. The van der Waals surface area contributed by atoms with E-state index in [2.05, 4.69) is 5.32 Å².